The van der Waals surface area contributed by atoms with Crippen LogP contribution in [0.1, 0.15) is 25.9 Å². The maximum Gasteiger partial charge on any atom is 0.294 e. The van der Waals surface area contributed by atoms with Gasteiger partial charge in [0.1, 0.15) is 10.6 Å². The van der Waals surface area contributed by atoms with Crippen molar-refractivity contribution in [1.82, 2.24) is 9.88 Å². The quantitative estimate of drug-likeness (QED) is 0.415. The van der Waals surface area contributed by atoms with E-state index in [9.17, 15) is 14.9 Å². The first-order valence-electron chi connectivity index (χ1n) is 9.91. The summed E-state index contributed by atoms with van der Waals surface area (Å²) in [5, 5.41) is 12.6. The summed E-state index contributed by atoms with van der Waals surface area (Å²) in [6, 6.07) is 14.7. The smallest absolute Gasteiger partial charge is 0.294 e. The van der Waals surface area contributed by atoms with Gasteiger partial charge < -0.3 is 9.80 Å². The minimum absolute atomic E-state index is 0.0175. The molecule has 4 rings (SSSR count). The molecule has 0 radical (unpaired) electrons. The molecule has 1 amide bonds. The average Bonchev–Trinajstić information content (AvgIpc) is 3.14. The zero-order chi connectivity index (χ0) is 22.0. The number of thiazole rings is 1. The predicted octanol–water partition coefficient (Wildman–Crippen LogP) is 4.57. The molecule has 31 heavy (non-hydrogen) atoms. The highest BCUT2D eigenvalue weighted by Crippen LogP contribution is 2.32. The zero-order valence-corrected chi connectivity index (χ0v) is 18.5. The highest BCUT2D eigenvalue weighted by molar-refractivity contribution is 7.13. The van der Waals surface area contributed by atoms with Crippen LogP contribution in [0.2, 0.25) is 5.02 Å². The Morgan fingerprint density at radius 2 is 1.87 bits per heavy atom. The Morgan fingerprint density at radius 1 is 1.16 bits per heavy atom. The van der Waals surface area contributed by atoms with Crippen LogP contribution in [0.3, 0.4) is 0 Å². The lowest BCUT2D eigenvalue weighted by atomic mass is 10.2. The maximum atomic E-state index is 13.1. The summed E-state index contributed by atoms with van der Waals surface area (Å²) in [5.41, 5.74) is 2.42. The summed E-state index contributed by atoms with van der Waals surface area (Å²) in [4.78, 5) is 33.1. The van der Waals surface area contributed by atoms with Gasteiger partial charge in [0.05, 0.1) is 15.6 Å². The zero-order valence-electron chi connectivity index (χ0n) is 17.0. The normalized spacial score (nSPS) is 14.0. The fourth-order valence-electron chi connectivity index (χ4n) is 3.70. The number of aromatic nitrogens is 1. The third-order valence-electron chi connectivity index (χ3n) is 5.28. The summed E-state index contributed by atoms with van der Waals surface area (Å²) in [5.74, 6) is -0.0282. The molecule has 0 bridgehead atoms. The van der Waals surface area contributed by atoms with Crippen LogP contribution in [0, 0.1) is 17.0 Å². The van der Waals surface area contributed by atoms with Crippen molar-refractivity contribution in [1.29, 1.82) is 0 Å². The molecule has 0 spiro atoms. The molecule has 0 atom stereocenters. The van der Waals surface area contributed by atoms with Crippen molar-refractivity contribution >= 4 is 40.2 Å². The van der Waals surface area contributed by atoms with E-state index in [1.165, 1.54) is 17.4 Å². The van der Waals surface area contributed by atoms with Crippen molar-refractivity contribution in [2.24, 2.45) is 0 Å². The fraction of sp³-hybridized carbons (Fsp3) is 0.273. The van der Waals surface area contributed by atoms with Gasteiger partial charge in [-0.05, 0) is 24.6 Å². The number of nitrogens with zero attached hydrogens (tertiary/aromatic N) is 4. The van der Waals surface area contributed by atoms with E-state index in [2.05, 4.69) is 4.98 Å². The van der Waals surface area contributed by atoms with Gasteiger partial charge in [0.15, 0.2) is 0 Å². The number of halogens is 1. The topological polar surface area (TPSA) is 79.6 Å². The molecule has 1 saturated heterocycles. The number of carbonyl (C=O) groups is 1. The Bertz CT molecular complexity index is 1110. The van der Waals surface area contributed by atoms with Gasteiger partial charge in [-0.3, -0.25) is 14.9 Å². The molecule has 1 fully saturated rings. The fourth-order valence-corrected chi connectivity index (χ4v) is 4.93. The van der Waals surface area contributed by atoms with Crippen molar-refractivity contribution in [3.8, 4) is 0 Å². The highest BCUT2D eigenvalue weighted by atomic mass is 35.5. The molecule has 160 valence electrons. The van der Waals surface area contributed by atoms with E-state index in [4.69, 9.17) is 11.6 Å². The van der Waals surface area contributed by atoms with Crippen LogP contribution in [0.15, 0.2) is 48.5 Å². The molecule has 1 aliphatic heterocycles. The Labute approximate surface area is 189 Å². The molecule has 0 aliphatic carbocycles. The van der Waals surface area contributed by atoms with Crippen LogP contribution >= 0.6 is 22.9 Å². The SMILES string of the molecule is Cc1nc(Cc2ccccc2)sc1C(=O)N1CCN(c2ccc(Cl)cc2[N+](=O)[O-])CC1. The van der Waals surface area contributed by atoms with Crippen molar-refractivity contribution < 1.29 is 9.72 Å². The van der Waals surface area contributed by atoms with Gasteiger partial charge in [0.25, 0.3) is 11.6 Å². The third kappa shape index (κ3) is 4.70. The van der Waals surface area contributed by atoms with Crippen molar-refractivity contribution in [2.75, 3.05) is 31.1 Å². The molecular weight excluding hydrogens is 436 g/mol. The van der Waals surface area contributed by atoms with E-state index >= 15 is 0 Å². The largest absolute Gasteiger partial charge is 0.362 e. The van der Waals surface area contributed by atoms with Crippen LogP contribution in [0.5, 0.6) is 0 Å². The van der Waals surface area contributed by atoms with E-state index in [-0.39, 0.29) is 11.6 Å². The van der Waals surface area contributed by atoms with Crippen LogP contribution < -0.4 is 4.90 Å². The van der Waals surface area contributed by atoms with Crippen molar-refractivity contribution in [2.45, 2.75) is 13.3 Å². The molecule has 9 heteroatoms. The number of rotatable bonds is 5. The highest BCUT2D eigenvalue weighted by Gasteiger charge is 2.28. The van der Waals surface area contributed by atoms with E-state index in [0.717, 1.165) is 16.3 Å². The lowest BCUT2D eigenvalue weighted by Crippen LogP contribution is -2.48. The summed E-state index contributed by atoms with van der Waals surface area (Å²) in [6.45, 7) is 3.88. The second-order valence-electron chi connectivity index (χ2n) is 7.35. The second-order valence-corrected chi connectivity index (χ2v) is 8.87. The minimum Gasteiger partial charge on any atom is -0.362 e. The van der Waals surface area contributed by atoms with E-state index in [1.807, 2.05) is 42.2 Å². The van der Waals surface area contributed by atoms with E-state index in [1.54, 1.807) is 17.0 Å². The summed E-state index contributed by atoms with van der Waals surface area (Å²) >= 11 is 7.36. The lowest BCUT2D eigenvalue weighted by Gasteiger charge is -2.35. The Balaban J connectivity index is 1.44. The molecule has 2 heterocycles. The van der Waals surface area contributed by atoms with Crippen LogP contribution in [-0.2, 0) is 6.42 Å². The number of hydrogen-bond acceptors (Lipinski definition) is 6. The summed E-state index contributed by atoms with van der Waals surface area (Å²) in [7, 11) is 0. The Morgan fingerprint density at radius 3 is 2.55 bits per heavy atom. The molecule has 0 N–H and O–H groups in total. The predicted molar refractivity (Wildman–Crippen MR) is 122 cm³/mol. The number of anilines is 1. The number of nitro groups is 1. The molecule has 0 saturated carbocycles. The monoisotopic (exact) mass is 456 g/mol. The Hall–Kier alpha value is -2.97. The molecule has 3 aromatic rings. The first-order chi connectivity index (χ1) is 14.9. The maximum absolute atomic E-state index is 13.1. The average molecular weight is 457 g/mol. The second kappa shape index (κ2) is 9.03. The van der Waals surface area contributed by atoms with Gasteiger partial charge in [-0.2, -0.15) is 0 Å². The van der Waals surface area contributed by atoms with Crippen molar-refractivity contribution in [3.05, 3.63) is 84.8 Å². The molecule has 2 aromatic carbocycles. The third-order valence-corrected chi connectivity index (χ3v) is 6.66. The summed E-state index contributed by atoms with van der Waals surface area (Å²) in [6.07, 6.45) is 0.702. The lowest BCUT2D eigenvalue weighted by molar-refractivity contribution is -0.384. The summed E-state index contributed by atoms with van der Waals surface area (Å²) < 4.78 is 0. The first-order valence-corrected chi connectivity index (χ1v) is 11.1. The molecule has 1 aliphatic rings. The first kappa shape index (κ1) is 21.3. The van der Waals surface area contributed by atoms with Gasteiger partial charge in [-0.15, -0.1) is 11.3 Å². The molecule has 0 unspecified atom stereocenters. The number of hydrogen-bond donors (Lipinski definition) is 0. The Kier molecular flexibility index (Phi) is 6.20. The standard InChI is InChI=1S/C22H21ClN4O3S/c1-15-21(31-20(24-15)13-16-5-3-2-4-6-16)22(28)26-11-9-25(10-12-26)18-8-7-17(23)14-19(18)27(29)30/h2-8,14H,9-13H2,1H3. The van der Waals surface area contributed by atoms with Gasteiger partial charge in [0, 0.05) is 43.7 Å². The minimum atomic E-state index is -0.423. The van der Waals surface area contributed by atoms with Crippen LogP contribution in [-0.4, -0.2) is 46.9 Å². The number of aryl methyl sites for hydroxylation is 1. The number of amides is 1. The molecule has 1 aromatic heterocycles. The molecular formula is C22H21ClN4O3S. The van der Waals surface area contributed by atoms with Gasteiger partial charge in [-0.25, -0.2) is 4.98 Å². The number of nitro benzene ring substituents is 1. The number of piperazine rings is 1. The molecule has 7 nitrogen and oxygen atoms in total. The van der Waals surface area contributed by atoms with Crippen LogP contribution in [0.25, 0.3) is 0 Å². The number of carbonyl (C=O) groups excluding carboxylic acids is 1. The van der Waals surface area contributed by atoms with E-state index < -0.39 is 4.92 Å². The van der Waals surface area contributed by atoms with Gasteiger partial charge in [0.2, 0.25) is 0 Å². The van der Waals surface area contributed by atoms with Gasteiger partial charge in [-0.1, -0.05) is 41.9 Å². The number of benzene rings is 2. The van der Waals surface area contributed by atoms with E-state index in [0.29, 0.717) is 48.2 Å². The van der Waals surface area contributed by atoms with Crippen molar-refractivity contribution in [3.63, 3.8) is 0 Å². The van der Waals surface area contributed by atoms with Crippen LogP contribution in [0.4, 0.5) is 11.4 Å². The van der Waals surface area contributed by atoms with Gasteiger partial charge >= 0.3 is 0 Å².